The molecular formula is C8H17NO4. The molecule has 0 aliphatic heterocycles. The molecule has 0 atom stereocenters. The fraction of sp³-hybridized carbons (Fsp3) is 0.750. The van der Waals surface area contributed by atoms with Crippen molar-refractivity contribution in [3.63, 3.8) is 0 Å². The lowest BCUT2D eigenvalue weighted by Gasteiger charge is -1.94. The highest BCUT2D eigenvalue weighted by molar-refractivity contribution is 5.92. The topological polar surface area (TPSA) is 86.6 Å². The summed E-state index contributed by atoms with van der Waals surface area (Å²) in [4.78, 5) is 19.5. The smallest absolute Gasteiger partial charge is 0.317 e. The van der Waals surface area contributed by atoms with Gasteiger partial charge in [-0.25, -0.2) is 0 Å². The fourth-order valence-corrected chi connectivity index (χ4v) is 0.356. The minimum Gasteiger partial charge on any atom is -0.481 e. The number of carboxylic acids is 2. The number of carboxylic acid groups (broad SMARTS) is 2. The molecule has 0 heterocycles. The summed E-state index contributed by atoms with van der Waals surface area (Å²) >= 11 is 0. The van der Waals surface area contributed by atoms with Crippen LogP contribution in [0.2, 0.25) is 0 Å². The van der Waals surface area contributed by atoms with Gasteiger partial charge in [-0.1, -0.05) is 13.8 Å². The molecule has 0 fully saturated rings. The number of rotatable bonds is 4. The Morgan fingerprint density at radius 1 is 1.15 bits per heavy atom. The van der Waals surface area contributed by atoms with Crippen molar-refractivity contribution in [3.8, 4) is 0 Å². The van der Waals surface area contributed by atoms with E-state index in [-0.39, 0.29) is 0 Å². The molecule has 0 aliphatic rings. The van der Waals surface area contributed by atoms with Gasteiger partial charge >= 0.3 is 11.9 Å². The molecule has 13 heavy (non-hydrogen) atoms. The van der Waals surface area contributed by atoms with Crippen LogP contribution < -0.4 is 5.32 Å². The summed E-state index contributed by atoms with van der Waals surface area (Å²) in [5.74, 6) is -3.91. The molecule has 0 rings (SSSR count). The van der Waals surface area contributed by atoms with Crippen molar-refractivity contribution in [2.45, 2.75) is 20.8 Å². The van der Waals surface area contributed by atoms with Crippen molar-refractivity contribution < 1.29 is 19.8 Å². The van der Waals surface area contributed by atoms with E-state index in [0.29, 0.717) is 0 Å². The summed E-state index contributed by atoms with van der Waals surface area (Å²) in [5.41, 5.74) is 0. The molecule has 5 heteroatoms. The Hall–Kier alpha value is -1.10. The first-order chi connectivity index (χ1) is 5.97. The first-order valence-corrected chi connectivity index (χ1v) is 4.13. The average molecular weight is 191 g/mol. The number of hydrogen-bond acceptors (Lipinski definition) is 3. The zero-order chi connectivity index (χ0) is 10.9. The van der Waals surface area contributed by atoms with E-state index in [2.05, 4.69) is 19.2 Å². The molecule has 3 N–H and O–H groups in total. The van der Waals surface area contributed by atoms with Crippen LogP contribution in [0, 0.1) is 5.92 Å². The average Bonchev–Trinajstić information content (AvgIpc) is 2.05. The van der Waals surface area contributed by atoms with Gasteiger partial charge in [-0.15, -0.1) is 0 Å². The number of nitrogens with one attached hydrogen (secondary N) is 1. The zero-order valence-corrected chi connectivity index (χ0v) is 8.20. The highest BCUT2D eigenvalue weighted by Crippen LogP contribution is 1.91. The summed E-state index contributed by atoms with van der Waals surface area (Å²) in [6.07, 6.45) is 0. The summed E-state index contributed by atoms with van der Waals surface area (Å²) < 4.78 is 0. The Bertz CT molecular complexity index is 142. The summed E-state index contributed by atoms with van der Waals surface area (Å²) in [5, 5.41) is 19.1. The molecule has 0 saturated carbocycles. The lowest BCUT2D eigenvalue weighted by atomic mass is 10.2. The minimum absolute atomic E-state index is 1.09. The zero-order valence-electron chi connectivity index (χ0n) is 8.20. The molecule has 0 spiro atoms. The third-order valence-electron chi connectivity index (χ3n) is 1.24. The van der Waals surface area contributed by atoms with Crippen LogP contribution in [0.5, 0.6) is 0 Å². The molecule has 78 valence electrons. The molecule has 0 aromatic carbocycles. The van der Waals surface area contributed by atoms with Crippen molar-refractivity contribution >= 4 is 11.9 Å². The highest BCUT2D eigenvalue weighted by atomic mass is 16.4. The maximum absolute atomic E-state index is 9.76. The second-order valence-electron chi connectivity index (χ2n) is 2.36. The molecule has 0 amide bonds. The van der Waals surface area contributed by atoms with Crippen LogP contribution in [0.15, 0.2) is 0 Å². The molecule has 0 aromatic rings. The van der Waals surface area contributed by atoms with E-state index in [1.165, 1.54) is 0 Å². The van der Waals surface area contributed by atoms with E-state index in [0.717, 1.165) is 20.0 Å². The maximum atomic E-state index is 9.76. The van der Waals surface area contributed by atoms with Gasteiger partial charge in [0, 0.05) is 0 Å². The van der Waals surface area contributed by atoms with E-state index < -0.39 is 17.9 Å². The van der Waals surface area contributed by atoms with E-state index in [1.807, 2.05) is 0 Å². The Labute approximate surface area is 77.8 Å². The molecule has 0 bridgehead atoms. The summed E-state index contributed by atoms with van der Waals surface area (Å²) in [6.45, 7) is 7.50. The first-order valence-electron chi connectivity index (χ1n) is 4.13. The van der Waals surface area contributed by atoms with Crippen molar-refractivity contribution in [3.05, 3.63) is 0 Å². The van der Waals surface area contributed by atoms with Gasteiger partial charge in [0.05, 0.1) is 0 Å². The van der Waals surface area contributed by atoms with Gasteiger partial charge in [-0.2, -0.15) is 0 Å². The Balaban J connectivity index is 0. The number of hydrogen-bond donors (Lipinski definition) is 3. The van der Waals surface area contributed by atoms with Gasteiger partial charge in [0.1, 0.15) is 0 Å². The molecule has 0 unspecified atom stereocenters. The van der Waals surface area contributed by atoms with Crippen LogP contribution in [-0.2, 0) is 9.59 Å². The third-order valence-corrected chi connectivity index (χ3v) is 1.24. The predicted molar refractivity (Wildman–Crippen MR) is 48.7 cm³/mol. The van der Waals surface area contributed by atoms with Crippen molar-refractivity contribution in [1.82, 2.24) is 5.32 Å². The van der Waals surface area contributed by atoms with Crippen LogP contribution in [0.3, 0.4) is 0 Å². The largest absolute Gasteiger partial charge is 0.481 e. The molecule has 0 aliphatic carbocycles. The monoisotopic (exact) mass is 191 g/mol. The third kappa shape index (κ3) is 10.9. The number of carbonyl (C=O) groups is 2. The van der Waals surface area contributed by atoms with Gasteiger partial charge in [-0.05, 0) is 20.0 Å². The summed E-state index contributed by atoms with van der Waals surface area (Å²) in [6, 6.07) is 0. The normalized spacial score (nSPS) is 8.92. The van der Waals surface area contributed by atoms with Crippen LogP contribution in [-0.4, -0.2) is 35.2 Å². The van der Waals surface area contributed by atoms with Gasteiger partial charge in [-0.3, -0.25) is 9.59 Å². The van der Waals surface area contributed by atoms with Gasteiger partial charge in [0.2, 0.25) is 0 Å². The molecular weight excluding hydrogens is 174 g/mol. The van der Waals surface area contributed by atoms with Gasteiger partial charge < -0.3 is 15.5 Å². The Morgan fingerprint density at radius 3 is 1.46 bits per heavy atom. The number of aliphatic carboxylic acids is 2. The maximum Gasteiger partial charge on any atom is 0.317 e. The Kier molecular flexibility index (Phi) is 9.98. The van der Waals surface area contributed by atoms with Gasteiger partial charge in [0.15, 0.2) is 5.92 Å². The van der Waals surface area contributed by atoms with E-state index in [1.54, 1.807) is 0 Å². The van der Waals surface area contributed by atoms with Gasteiger partial charge in [0.25, 0.3) is 0 Å². The molecule has 5 nitrogen and oxygen atoms in total. The van der Waals surface area contributed by atoms with Crippen LogP contribution >= 0.6 is 0 Å². The fourth-order valence-electron chi connectivity index (χ4n) is 0.356. The molecule has 0 radical (unpaired) electrons. The Morgan fingerprint density at radius 2 is 1.46 bits per heavy atom. The van der Waals surface area contributed by atoms with Crippen molar-refractivity contribution in [1.29, 1.82) is 0 Å². The lowest BCUT2D eigenvalue weighted by molar-refractivity contribution is -0.153. The van der Waals surface area contributed by atoms with E-state index in [4.69, 9.17) is 10.2 Å². The van der Waals surface area contributed by atoms with Crippen LogP contribution in [0.4, 0.5) is 0 Å². The van der Waals surface area contributed by atoms with Crippen molar-refractivity contribution in [2.75, 3.05) is 13.1 Å². The second kappa shape index (κ2) is 8.99. The highest BCUT2D eigenvalue weighted by Gasteiger charge is 2.18. The van der Waals surface area contributed by atoms with Crippen LogP contribution in [0.1, 0.15) is 20.8 Å². The predicted octanol–water partition coefficient (Wildman–Crippen LogP) is 0.407. The first kappa shape index (κ1) is 14.4. The SMILES string of the molecule is CC(C(=O)O)C(=O)O.CCNCC. The summed E-state index contributed by atoms with van der Waals surface area (Å²) in [7, 11) is 0. The second-order valence-corrected chi connectivity index (χ2v) is 2.36. The molecule has 0 aromatic heterocycles. The minimum atomic E-state index is -1.31. The van der Waals surface area contributed by atoms with Crippen molar-refractivity contribution in [2.24, 2.45) is 5.92 Å². The lowest BCUT2D eigenvalue weighted by Crippen LogP contribution is -2.19. The van der Waals surface area contributed by atoms with Crippen LogP contribution in [0.25, 0.3) is 0 Å². The van der Waals surface area contributed by atoms with E-state index >= 15 is 0 Å². The quantitative estimate of drug-likeness (QED) is 0.560. The van der Waals surface area contributed by atoms with E-state index in [9.17, 15) is 9.59 Å². The standard InChI is InChI=1S/C4H11N.C4H6O4/c1-3-5-4-2;1-2(3(5)6)4(7)8/h5H,3-4H2,1-2H3;2H,1H3,(H,5,6)(H,7,8). The molecule has 0 saturated heterocycles.